The number of rotatable bonds is 2. The highest BCUT2D eigenvalue weighted by molar-refractivity contribution is 6.00. The van der Waals surface area contributed by atoms with Crippen LogP contribution in [0.4, 0.5) is 0 Å². The molecule has 15 heavy (non-hydrogen) atoms. The van der Waals surface area contributed by atoms with E-state index in [2.05, 4.69) is 0 Å². The molecule has 0 saturated carbocycles. The molecule has 0 unspecified atom stereocenters. The van der Waals surface area contributed by atoms with Gasteiger partial charge in [-0.25, -0.2) is 0 Å². The average molecular weight is 201 g/mol. The van der Waals surface area contributed by atoms with E-state index in [9.17, 15) is 4.79 Å². The van der Waals surface area contributed by atoms with E-state index in [-0.39, 0.29) is 0 Å². The molecule has 2 aromatic carbocycles. The number of amides is 1. The first-order chi connectivity index (χ1) is 7.22. The van der Waals surface area contributed by atoms with E-state index < -0.39 is 5.91 Å². The fourth-order valence-electron chi connectivity index (χ4n) is 1.58. The van der Waals surface area contributed by atoms with Gasteiger partial charge >= 0.3 is 0 Å². The van der Waals surface area contributed by atoms with Crippen molar-refractivity contribution in [2.45, 2.75) is 0 Å². The predicted octanol–water partition coefficient (Wildman–Crippen LogP) is 1.95. The molecule has 2 aromatic rings. The highest BCUT2D eigenvalue weighted by atomic mass is 16.5. The van der Waals surface area contributed by atoms with Crippen molar-refractivity contribution in [1.82, 2.24) is 0 Å². The molecule has 2 N–H and O–H groups in total. The molecule has 0 radical (unpaired) electrons. The summed E-state index contributed by atoms with van der Waals surface area (Å²) in [6.07, 6.45) is 0. The second-order valence-corrected chi connectivity index (χ2v) is 3.26. The van der Waals surface area contributed by atoms with Crippen molar-refractivity contribution < 1.29 is 9.53 Å². The first-order valence-corrected chi connectivity index (χ1v) is 4.59. The number of hydrogen-bond acceptors (Lipinski definition) is 2. The minimum Gasteiger partial charge on any atom is -0.496 e. The first kappa shape index (κ1) is 9.52. The van der Waals surface area contributed by atoms with Gasteiger partial charge in [0.05, 0.1) is 12.7 Å². The molecule has 2 rings (SSSR count). The van der Waals surface area contributed by atoms with E-state index in [0.717, 1.165) is 10.8 Å². The maximum absolute atomic E-state index is 11.2. The van der Waals surface area contributed by atoms with E-state index in [1.807, 2.05) is 30.3 Å². The van der Waals surface area contributed by atoms with Gasteiger partial charge in [0.1, 0.15) is 5.75 Å². The van der Waals surface area contributed by atoms with E-state index >= 15 is 0 Å². The van der Waals surface area contributed by atoms with Crippen molar-refractivity contribution in [3.8, 4) is 5.75 Å². The summed E-state index contributed by atoms with van der Waals surface area (Å²) in [5.74, 6) is 0.0406. The topological polar surface area (TPSA) is 52.3 Å². The van der Waals surface area contributed by atoms with Crippen LogP contribution in [-0.4, -0.2) is 13.0 Å². The van der Waals surface area contributed by atoms with Gasteiger partial charge in [-0.1, -0.05) is 24.3 Å². The highest BCUT2D eigenvalue weighted by Gasteiger charge is 2.09. The van der Waals surface area contributed by atoms with Gasteiger partial charge in [-0.2, -0.15) is 0 Å². The summed E-state index contributed by atoms with van der Waals surface area (Å²) in [6, 6.07) is 11.3. The zero-order valence-corrected chi connectivity index (χ0v) is 8.36. The van der Waals surface area contributed by atoms with Crippen LogP contribution in [0.5, 0.6) is 5.75 Å². The van der Waals surface area contributed by atoms with Crippen LogP contribution < -0.4 is 10.5 Å². The normalized spacial score (nSPS) is 10.2. The average Bonchev–Trinajstić information content (AvgIpc) is 2.27. The number of hydrogen-bond donors (Lipinski definition) is 1. The molecule has 0 atom stereocenters. The van der Waals surface area contributed by atoms with Gasteiger partial charge in [0.2, 0.25) is 0 Å². The minimum atomic E-state index is -0.474. The lowest BCUT2D eigenvalue weighted by Crippen LogP contribution is -2.12. The number of nitrogens with two attached hydrogens (primary N) is 1. The van der Waals surface area contributed by atoms with Crippen LogP contribution in [0.15, 0.2) is 36.4 Å². The van der Waals surface area contributed by atoms with Crippen LogP contribution in [0, 0.1) is 0 Å². The van der Waals surface area contributed by atoms with Gasteiger partial charge < -0.3 is 10.5 Å². The molecule has 0 bridgehead atoms. The van der Waals surface area contributed by atoms with Crippen LogP contribution in [0.3, 0.4) is 0 Å². The van der Waals surface area contributed by atoms with Gasteiger partial charge in [0, 0.05) is 0 Å². The Bertz CT molecular complexity index is 520. The van der Waals surface area contributed by atoms with Gasteiger partial charge in [0.25, 0.3) is 5.91 Å². The molecular weight excluding hydrogens is 190 g/mol. The van der Waals surface area contributed by atoms with E-state index in [4.69, 9.17) is 10.5 Å². The largest absolute Gasteiger partial charge is 0.496 e. The molecule has 76 valence electrons. The maximum atomic E-state index is 11.2. The Morgan fingerprint density at radius 1 is 1.20 bits per heavy atom. The quantitative estimate of drug-likeness (QED) is 0.807. The van der Waals surface area contributed by atoms with Crippen molar-refractivity contribution >= 4 is 16.7 Å². The number of carbonyl (C=O) groups excluding carboxylic acids is 1. The number of carbonyl (C=O) groups is 1. The minimum absolute atomic E-state index is 0.413. The summed E-state index contributed by atoms with van der Waals surface area (Å²) in [7, 11) is 1.52. The molecule has 0 aliphatic heterocycles. The Kier molecular flexibility index (Phi) is 2.29. The molecule has 0 heterocycles. The summed E-state index contributed by atoms with van der Waals surface area (Å²) in [5, 5.41) is 2.01. The Morgan fingerprint density at radius 3 is 2.33 bits per heavy atom. The standard InChI is InChI=1S/C12H11NO2/c1-15-11-7-9-5-3-2-4-8(9)6-10(11)12(13)14/h2-7H,1H3,(H2,13,14). The highest BCUT2D eigenvalue weighted by Crippen LogP contribution is 2.25. The van der Waals surface area contributed by atoms with Crippen molar-refractivity contribution in [2.24, 2.45) is 5.73 Å². The smallest absolute Gasteiger partial charge is 0.252 e. The molecule has 3 heteroatoms. The van der Waals surface area contributed by atoms with Crippen LogP contribution >= 0.6 is 0 Å². The summed E-state index contributed by atoms with van der Waals surface area (Å²) in [4.78, 5) is 11.2. The number of methoxy groups -OCH3 is 1. The number of ether oxygens (including phenoxy) is 1. The molecule has 0 saturated heterocycles. The Hall–Kier alpha value is -2.03. The van der Waals surface area contributed by atoms with Crippen LogP contribution in [0.25, 0.3) is 10.8 Å². The molecular formula is C12H11NO2. The molecule has 3 nitrogen and oxygen atoms in total. The summed E-state index contributed by atoms with van der Waals surface area (Å²) < 4.78 is 5.11. The lowest BCUT2D eigenvalue weighted by atomic mass is 10.1. The van der Waals surface area contributed by atoms with E-state index in [1.165, 1.54) is 7.11 Å². The zero-order chi connectivity index (χ0) is 10.8. The monoisotopic (exact) mass is 201 g/mol. The van der Waals surface area contributed by atoms with Crippen molar-refractivity contribution in [3.05, 3.63) is 42.0 Å². The molecule has 0 spiro atoms. The Morgan fingerprint density at radius 2 is 1.80 bits per heavy atom. The first-order valence-electron chi connectivity index (χ1n) is 4.59. The van der Waals surface area contributed by atoms with Gasteiger partial charge in [0.15, 0.2) is 0 Å². The fourth-order valence-corrected chi connectivity index (χ4v) is 1.58. The molecule has 0 aliphatic rings. The lowest BCUT2D eigenvalue weighted by Gasteiger charge is -2.07. The van der Waals surface area contributed by atoms with Gasteiger partial charge in [-0.3, -0.25) is 4.79 Å². The second-order valence-electron chi connectivity index (χ2n) is 3.26. The predicted molar refractivity (Wildman–Crippen MR) is 59.0 cm³/mol. The van der Waals surface area contributed by atoms with Gasteiger partial charge in [-0.15, -0.1) is 0 Å². The number of fused-ring (bicyclic) bond motifs is 1. The summed E-state index contributed by atoms with van der Waals surface area (Å²) in [6.45, 7) is 0. The summed E-state index contributed by atoms with van der Waals surface area (Å²) in [5.41, 5.74) is 5.68. The third kappa shape index (κ3) is 1.64. The van der Waals surface area contributed by atoms with Gasteiger partial charge in [-0.05, 0) is 22.9 Å². The lowest BCUT2D eigenvalue weighted by molar-refractivity contribution is 0.0997. The Balaban J connectivity index is 2.74. The van der Waals surface area contributed by atoms with Crippen molar-refractivity contribution in [2.75, 3.05) is 7.11 Å². The number of primary amides is 1. The molecule has 0 aliphatic carbocycles. The number of benzene rings is 2. The Labute approximate surface area is 87.5 Å². The molecule has 0 aromatic heterocycles. The van der Waals surface area contributed by atoms with Crippen LogP contribution in [0.1, 0.15) is 10.4 Å². The van der Waals surface area contributed by atoms with Crippen LogP contribution in [-0.2, 0) is 0 Å². The van der Waals surface area contributed by atoms with Crippen molar-refractivity contribution in [1.29, 1.82) is 0 Å². The van der Waals surface area contributed by atoms with E-state index in [0.29, 0.717) is 11.3 Å². The molecule has 1 amide bonds. The fraction of sp³-hybridized carbons (Fsp3) is 0.0833. The zero-order valence-electron chi connectivity index (χ0n) is 8.36. The third-order valence-electron chi connectivity index (χ3n) is 2.33. The van der Waals surface area contributed by atoms with Crippen LogP contribution in [0.2, 0.25) is 0 Å². The van der Waals surface area contributed by atoms with Crippen molar-refractivity contribution in [3.63, 3.8) is 0 Å². The maximum Gasteiger partial charge on any atom is 0.252 e. The SMILES string of the molecule is COc1cc2ccccc2cc1C(N)=O. The third-order valence-corrected chi connectivity index (χ3v) is 2.33. The summed E-state index contributed by atoms with van der Waals surface area (Å²) >= 11 is 0. The van der Waals surface area contributed by atoms with E-state index in [1.54, 1.807) is 6.07 Å². The molecule has 0 fully saturated rings. The second kappa shape index (κ2) is 3.61.